The molecule has 106 valence electrons. The number of halogens is 3. The number of benzene rings is 2. The van der Waals surface area contributed by atoms with E-state index in [0.717, 1.165) is 0 Å². The van der Waals surface area contributed by atoms with Crippen LogP contribution in [0.1, 0.15) is 39.9 Å². The Morgan fingerprint density at radius 2 is 1.50 bits per heavy atom. The molecule has 2 N–H and O–H groups in total. The highest BCUT2D eigenvalue weighted by atomic mass is 35.5. The maximum atomic E-state index is 9.92. The van der Waals surface area contributed by atoms with Crippen LogP contribution in [0.4, 0.5) is 0 Å². The predicted octanol–water partition coefficient (Wildman–Crippen LogP) is 5.38. The van der Waals surface area contributed by atoms with E-state index in [2.05, 4.69) is 0 Å². The summed E-state index contributed by atoms with van der Waals surface area (Å²) in [6.45, 7) is -7.38. The van der Waals surface area contributed by atoms with Gasteiger partial charge in [0.25, 0.3) is 0 Å². The fourth-order valence-electron chi connectivity index (χ4n) is 1.34. The summed E-state index contributed by atoms with van der Waals surface area (Å²) in [4.78, 5) is 0. The fraction of sp³-hybridized carbons (Fsp3) is 0.200. The number of aromatic hydroxyl groups is 2. The molecule has 2 aromatic rings. The third-order valence-electron chi connectivity index (χ3n) is 2.38. The number of rotatable bonds is 2. The second-order valence-corrected chi connectivity index (χ2v) is 4.90. The van der Waals surface area contributed by atoms with Crippen molar-refractivity contribution in [1.82, 2.24) is 0 Å². The molecule has 0 heterocycles. The normalized spacial score (nSPS) is 20.9. The maximum Gasteiger partial charge on any atom is 0.152 e. The van der Waals surface area contributed by atoms with E-state index in [0.29, 0.717) is 0 Å². The SMILES string of the molecule is [2H]c1c([2H])c(C(c2c([2H])c(Cl)c(O)c(Cl)c2[2H])(C([2H])([2H])[2H])C([2H])([2H])[2H])c([2H])c(Cl)c1O. The second-order valence-electron chi connectivity index (χ2n) is 3.76. The first-order chi connectivity index (χ1) is 13.9. The van der Waals surface area contributed by atoms with Crippen molar-refractivity contribution in [2.24, 2.45) is 0 Å². The third-order valence-corrected chi connectivity index (χ3v) is 3.20. The van der Waals surface area contributed by atoms with Crippen molar-refractivity contribution >= 4 is 34.8 Å². The second kappa shape index (κ2) is 5.36. The molecule has 20 heavy (non-hydrogen) atoms. The van der Waals surface area contributed by atoms with Crippen molar-refractivity contribution in [3.63, 3.8) is 0 Å². The van der Waals surface area contributed by atoms with Crippen LogP contribution in [0.5, 0.6) is 11.5 Å². The molecular formula is C15H13Cl3O2. The lowest BCUT2D eigenvalue weighted by Crippen LogP contribution is -2.18. The molecule has 0 atom stereocenters. The zero-order chi connectivity index (χ0) is 24.4. The summed E-state index contributed by atoms with van der Waals surface area (Å²) >= 11 is 17.5. The molecule has 0 bridgehead atoms. The van der Waals surface area contributed by atoms with Gasteiger partial charge in [0.1, 0.15) is 5.75 Å². The maximum absolute atomic E-state index is 9.92. The summed E-state index contributed by atoms with van der Waals surface area (Å²) in [6, 6.07) is -5.52. The Balaban J connectivity index is 3.41. The zero-order valence-electron chi connectivity index (χ0n) is 20.5. The van der Waals surface area contributed by atoms with Gasteiger partial charge in [0.15, 0.2) is 5.75 Å². The van der Waals surface area contributed by atoms with Crippen molar-refractivity contribution in [1.29, 1.82) is 0 Å². The van der Waals surface area contributed by atoms with Gasteiger partial charge in [0, 0.05) is 13.6 Å². The molecule has 0 aliphatic heterocycles. The summed E-state index contributed by atoms with van der Waals surface area (Å²) < 4.78 is 89.0. The summed E-state index contributed by atoms with van der Waals surface area (Å²) in [6.07, 6.45) is 0. The van der Waals surface area contributed by atoms with Gasteiger partial charge in [0.05, 0.1) is 21.9 Å². The van der Waals surface area contributed by atoms with Gasteiger partial charge in [-0.3, -0.25) is 0 Å². The summed E-state index contributed by atoms with van der Waals surface area (Å²) in [5.41, 5.74) is -5.75. The number of phenolic OH excluding ortho intramolecular Hbond substituents is 2. The quantitative estimate of drug-likeness (QED) is 0.768. The number of phenols is 2. The van der Waals surface area contributed by atoms with E-state index < -0.39 is 87.0 Å². The lowest BCUT2D eigenvalue weighted by atomic mass is 9.78. The van der Waals surface area contributed by atoms with Crippen molar-refractivity contribution in [3.8, 4) is 11.5 Å². The van der Waals surface area contributed by atoms with Crippen LogP contribution in [0.25, 0.3) is 0 Å². The smallest absolute Gasteiger partial charge is 0.152 e. The van der Waals surface area contributed by atoms with E-state index in [1.54, 1.807) is 0 Å². The van der Waals surface area contributed by atoms with Crippen molar-refractivity contribution in [2.75, 3.05) is 0 Å². The Kier molecular flexibility index (Phi) is 1.70. The molecule has 5 heteroatoms. The van der Waals surface area contributed by atoms with E-state index in [4.69, 9.17) is 49.9 Å². The topological polar surface area (TPSA) is 40.5 Å². The van der Waals surface area contributed by atoms with Gasteiger partial charge in [0.2, 0.25) is 0 Å². The fourth-order valence-corrected chi connectivity index (χ4v) is 1.91. The minimum atomic E-state index is -3.69. The molecule has 0 radical (unpaired) electrons. The molecule has 2 aromatic carbocycles. The highest BCUT2D eigenvalue weighted by molar-refractivity contribution is 6.37. The predicted molar refractivity (Wildman–Crippen MR) is 83.4 cm³/mol. The minimum absolute atomic E-state index is 0.858. The molecule has 0 aliphatic rings. The molecule has 0 aromatic heterocycles. The van der Waals surface area contributed by atoms with Crippen molar-refractivity contribution in [2.45, 2.75) is 19.1 Å². The molecule has 0 aliphatic carbocycles. The summed E-state index contributed by atoms with van der Waals surface area (Å²) in [5.74, 6) is -2.02. The zero-order valence-corrected chi connectivity index (χ0v) is 11.8. The number of hydrogen-bond acceptors (Lipinski definition) is 2. The molecule has 0 saturated heterocycles. The first-order valence-corrected chi connectivity index (χ1v) is 6.15. The third kappa shape index (κ3) is 2.69. The average molecular weight is 343 g/mol. The van der Waals surface area contributed by atoms with Crippen LogP contribution >= 0.6 is 34.8 Å². The van der Waals surface area contributed by atoms with E-state index >= 15 is 0 Å². The molecule has 2 rings (SSSR count). The van der Waals surface area contributed by atoms with E-state index in [-0.39, 0.29) is 0 Å². The highest BCUT2D eigenvalue weighted by Gasteiger charge is 2.25. The van der Waals surface area contributed by atoms with Crippen LogP contribution in [0.15, 0.2) is 30.2 Å². The van der Waals surface area contributed by atoms with E-state index in [1.807, 2.05) is 0 Å². The highest BCUT2D eigenvalue weighted by Crippen LogP contribution is 2.40. The Hall–Kier alpha value is -1.09. The summed E-state index contributed by atoms with van der Waals surface area (Å²) in [5, 5.41) is 17.2. The minimum Gasteiger partial charge on any atom is -0.506 e. The first kappa shape index (κ1) is 6.35. The van der Waals surface area contributed by atoms with Crippen LogP contribution in [0.2, 0.25) is 15.1 Å². The lowest BCUT2D eigenvalue weighted by Gasteiger charge is -2.27. The van der Waals surface area contributed by atoms with Gasteiger partial charge < -0.3 is 10.2 Å². The largest absolute Gasteiger partial charge is 0.506 e. The standard InChI is InChI=1S/C15H13Cl3O2/c1-15(2,8-3-4-13(19)10(16)5-8)9-6-11(17)14(20)12(18)7-9/h3-7,19-20H,1-2H3/i1D3,2D3,3D,4D,5D,6D,7D. The monoisotopic (exact) mass is 341 g/mol. The van der Waals surface area contributed by atoms with Gasteiger partial charge >= 0.3 is 0 Å². The summed E-state index contributed by atoms with van der Waals surface area (Å²) in [7, 11) is 0. The molecule has 0 fully saturated rings. The van der Waals surface area contributed by atoms with Gasteiger partial charge in [-0.05, 0) is 35.3 Å². The van der Waals surface area contributed by atoms with Crippen LogP contribution in [0, 0.1) is 0 Å². The van der Waals surface area contributed by atoms with Crippen LogP contribution in [-0.2, 0) is 5.41 Å². The Morgan fingerprint density at radius 1 is 0.950 bits per heavy atom. The van der Waals surface area contributed by atoms with Crippen LogP contribution < -0.4 is 0 Å². The molecule has 2 nitrogen and oxygen atoms in total. The van der Waals surface area contributed by atoms with Crippen molar-refractivity contribution < 1.29 is 25.3 Å². The number of hydrogen-bond donors (Lipinski definition) is 2. The Labute approximate surface area is 148 Å². The van der Waals surface area contributed by atoms with Crippen LogP contribution in [0.3, 0.4) is 0 Å². The van der Waals surface area contributed by atoms with Gasteiger partial charge in [-0.1, -0.05) is 54.5 Å². The molecule has 0 saturated carbocycles. The Morgan fingerprint density at radius 3 is 2.05 bits per heavy atom. The van der Waals surface area contributed by atoms with Gasteiger partial charge in [-0.15, -0.1) is 0 Å². The average Bonchev–Trinajstić information content (AvgIpc) is 2.64. The molecule has 0 unspecified atom stereocenters. The molecule has 0 spiro atoms. The van der Waals surface area contributed by atoms with E-state index in [1.165, 1.54) is 0 Å². The molecule has 0 amide bonds. The molecular weight excluding hydrogens is 319 g/mol. The van der Waals surface area contributed by atoms with Gasteiger partial charge in [-0.25, -0.2) is 0 Å². The van der Waals surface area contributed by atoms with E-state index in [9.17, 15) is 10.2 Å². The van der Waals surface area contributed by atoms with Gasteiger partial charge in [-0.2, -0.15) is 0 Å². The van der Waals surface area contributed by atoms with Crippen LogP contribution in [-0.4, -0.2) is 10.2 Å². The Bertz CT molecular complexity index is 936. The lowest BCUT2D eigenvalue weighted by molar-refractivity contribution is 0.474. The first-order valence-electron chi connectivity index (χ1n) is 10.5. The van der Waals surface area contributed by atoms with Crippen molar-refractivity contribution in [3.05, 3.63) is 56.4 Å².